The maximum absolute atomic E-state index is 11.9. The number of rotatable bonds is 42. The SMILES string of the molecule is CCCCCC[C@@H](O)C/C=C\CCCCCCCC(=O)OCCOCCOCCOCCOCCOCCOCCOCCOCCOC. The average molecular weight is 709 g/mol. The molecule has 0 aromatic carbocycles. The topological polar surface area (TPSA) is 130 Å². The first-order valence-corrected chi connectivity index (χ1v) is 18.8. The van der Waals surface area contributed by atoms with Crippen molar-refractivity contribution < 1.29 is 57.3 Å². The van der Waals surface area contributed by atoms with Crippen LogP contribution in [0.15, 0.2) is 12.2 Å². The Bertz CT molecular complexity index is 667. The quantitative estimate of drug-likeness (QED) is 0.0501. The molecular weight excluding hydrogens is 636 g/mol. The van der Waals surface area contributed by atoms with Crippen molar-refractivity contribution in [3.05, 3.63) is 12.2 Å². The van der Waals surface area contributed by atoms with Gasteiger partial charge in [-0.1, -0.05) is 64.0 Å². The van der Waals surface area contributed by atoms with E-state index in [1.807, 2.05) is 0 Å². The van der Waals surface area contributed by atoms with Gasteiger partial charge < -0.3 is 52.5 Å². The third-order valence-electron chi connectivity index (χ3n) is 7.24. The van der Waals surface area contributed by atoms with Gasteiger partial charge in [0.2, 0.25) is 0 Å². The molecule has 0 aliphatic carbocycles. The van der Waals surface area contributed by atoms with Crippen molar-refractivity contribution in [3.63, 3.8) is 0 Å². The monoisotopic (exact) mass is 709 g/mol. The molecule has 0 spiro atoms. The first-order chi connectivity index (χ1) is 24.2. The van der Waals surface area contributed by atoms with Crippen LogP contribution in [0.3, 0.4) is 0 Å². The van der Waals surface area contributed by atoms with Gasteiger partial charge in [-0.2, -0.15) is 0 Å². The number of carbonyl (C=O) groups is 1. The Hall–Kier alpha value is -1.19. The molecule has 1 N–H and O–H groups in total. The molecule has 1 atom stereocenters. The van der Waals surface area contributed by atoms with E-state index in [1.54, 1.807) is 7.11 Å². The normalized spacial score (nSPS) is 12.3. The zero-order valence-electron chi connectivity index (χ0n) is 31.1. The molecule has 0 saturated heterocycles. The summed E-state index contributed by atoms with van der Waals surface area (Å²) in [6.07, 6.45) is 17.5. The summed E-state index contributed by atoms with van der Waals surface area (Å²) in [7, 11) is 1.64. The van der Waals surface area contributed by atoms with Gasteiger partial charge in [-0.3, -0.25) is 4.79 Å². The fraction of sp³-hybridized carbons (Fsp3) is 0.919. The van der Waals surface area contributed by atoms with Gasteiger partial charge >= 0.3 is 5.97 Å². The lowest BCUT2D eigenvalue weighted by Gasteiger charge is -2.09. The molecule has 0 aromatic rings. The van der Waals surface area contributed by atoms with E-state index in [1.165, 1.54) is 19.3 Å². The third kappa shape index (κ3) is 42.9. The van der Waals surface area contributed by atoms with Crippen LogP contribution in [-0.2, 0) is 52.2 Å². The molecule has 0 heterocycles. The van der Waals surface area contributed by atoms with Crippen molar-refractivity contribution in [1.82, 2.24) is 0 Å². The van der Waals surface area contributed by atoms with Crippen LogP contribution in [0.2, 0.25) is 0 Å². The molecule has 0 bridgehead atoms. The Morgan fingerprint density at radius 2 is 0.918 bits per heavy atom. The lowest BCUT2D eigenvalue weighted by Crippen LogP contribution is -2.15. The summed E-state index contributed by atoms with van der Waals surface area (Å²) in [6.45, 7) is 11.1. The van der Waals surface area contributed by atoms with Gasteiger partial charge in [0.1, 0.15) is 6.61 Å². The van der Waals surface area contributed by atoms with Crippen molar-refractivity contribution in [2.24, 2.45) is 0 Å². The Morgan fingerprint density at radius 1 is 0.510 bits per heavy atom. The Balaban J connectivity index is 3.20. The van der Waals surface area contributed by atoms with E-state index >= 15 is 0 Å². The predicted molar refractivity (Wildman–Crippen MR) is 190 cm³/mol. The maximum atomic E-state index is 11.9. The molecule has 49 heavy (non-hydrogen) atoms. The number of aliphatic hydroxyl groups is 1. The van der Waals surface area contributed by atoms with E-state index in [2.05, 4.69) is 19.1 Å². The van der Waals surface area contributed by atoms with Gasteiger partial charge in [0, 0.05) is 13.5 Å². The number of allylic oxidation sites excluding steroid dienone is 1. The largest absolute Gasteiger partial charge is 0.463 e. The molecule has 12 nitrogen and oxygen atoms in total. The lowest BCUT2D eigenvalue weighted by atomic mass is 10.1. The summed E-state index contributed by atoms with van der Waals surface area (Å²) < 4.78 is 53.6. The number of aliphatic hydroxyl groups excluding tert-OH is 1. The number of ether oxygens (including phenoxy) is 10. The second kappa shape index (κ2) is 43.0. The molecule has 0 aliphatic heterocycles. The van der Waals surface area contributed by atoms with Crippen LogP contribution in [0.1, 0.15) is 90.4 Å². The second-order valence-electron chi connectivity index (χ2n) is 11.6. The minimum absolute atomic E-state index is 0.163. The number of unbranched alkanes of at least 4 members (excludes halogenated alkanes) is 8. The molecule has 0 aliphatic rings. The molecule has 0 aromatic heterocycles. The molecular formula is C37H72O12. The van der Waals surface area contributed by atoms with E-state index in [9.17, 15) is 9.90 Å². The zero-order valence-corrected chi connectivity index (χ0v) is 31.1. The van der Waals surface area contributed by atoms with Gasteiger partial charge in [-0.05, 0) is 32.1 Å². The minimum Gasteiger partial charge on any atom is -0.463 e. The van der Waals surface area contributed by atoms with E-state index in [-0.39, 0.29) is 18.7 Å². The Labute approximate surface area is 297 Å². The Kier molecular flexibility index (Phi) is 41.9. The standard InChI is InChI=1S/C37H72O12/c1-3-4-5-12-15-36(38)16-13-10-8-6-7-9-11-14-17-37(39)49-35-34-48-33-32-47-31-30-46-29-28-45-27-26-44-25-24-43-23-22-42-21-20-41-19-18-40-2/h10,13,36,38H,3-9,11-12,14-35H2,1-2H3/b13-10-/t36-/m1/s1. The van der Waals surface area contributed by atoms with E-state index in [0.717, 1.165) is 57.8 Å². The summed E-state index contributed by atoms with van der Waals surface area (Å²) in [6, 6.07) is 0. The highest BCUT2D eigenvalue weighted by Crippen LogP contribution is 2.11. The number of hydrogen-bond donors (Lipinski definition) is 1. The van der Waals surface area contributed by atoms with Gasteiger partial charge in [0.15, 0.2) is 0 Å². The fourth-order valence-corrected chi connectivity index (χ4v) is 4.43. The van der Waals surface area contributed by atoms with E-state index in [0.29, 0.717) is 119 Å². The van der Waals surface area contributed by atoms with Gasteiger partial charge in [0.05, 0.1) is 118 Å². The molecule has 0 fully saturated rings. The van der Waals surface area contributed by atoms with Gasteiger partial charge in [-0.15, -0.1) is 0 Å². The first-order valence-electron chi connectivity index (χ1n) is 18.8. The summed E-state index contributed by atoms with van der Waals surface area (Å²) in [5.74, 6) is -0.163. The van der Waals surface area contributed by atoms with Crippen molar-refractivity contribution in [2.45, 2.75) is 96.5 Å². The van der Waals surface area contributed by atoms with Gasteiger partial charge in [-0.25, -0.2) is 0 Å². The summed E-state index contributed by atoms with van der Waals surface area (Å²) in [5, 5.41) is 9.98. The first kappa shape index (κ1) is 47.8. The second-order valence-corrected chi connectivity index (χ2v) is 11.6. The van der Waals surface area contributed by atoms with Gasteiger partial charge in [0.25, 0.3) is 0 Å². The van der Waals surface area contributed by atoms with Crippen LogP contribution in [0.25, 0.3) is 0 Å². The van der Waals surface area contributed by atoms with Crippen molar-refractivity contribution in [3.8, 4) is 0 Å². The van der Waals surface area contributed by atoms with Crippen molar-refractivity contribution in [2.75, 3.05) is 126 Å². The molecule has 0 saturated carbocycles. The molecule has 0 rings (SSSR count). The molecule has 0 unspecified atom stereocenters. The molecule has 292 valence electrons. The summed E-state index contributed by atoms with van der Waals surface area (Å²) in [5.41, 5.74) is 0. The summed E-state index contributed by atoms with van der Waals surface area (Å²) in [4.78, 5) is 11.9. The van der Waals surface area contributed by atoms with E-state index in [4.69, 9.17) is 47.4 Å². The average Bonchev–Trinajstić information content (AvgIpc) is 3.10. The van der Waals surface area contributed by atoms with Crippen LogP contribution < -0.4 is 0 Å². The highest BCUT2D eigenvalue weighted by molar-refractivity contribution is 5.69. The smallest absolute Gasteiger partial charge is 0.305 e. The highest BCUT2D eigenvalue weighted by Gasteiger charge is 2.03. The van der Waals surface area contributed by atoms with Crippen LogP contribution >= 0.6 is 0 Å². The number of esters is 1. The van der Waals surface area contributed by atoms with Crippen LogP contribution in [0.5, 0.6) is 0 Å². The van der Waals surface area contributed by atoms with Crippen LogP contribution in [0.4, 0.5) is 0 Å². The fourth-order valence-electron chi connectivity index (χ4n) is 4.43. The molecule has 12 heteroatoms. The zero-order chi connectivity index (χ0) is 35.6. The van der Waals surface area contributed by atoms with E-state index < -0.39 is 0 Å². The molecule has 0 amide bonds. The number of methoxy groups -OCH3 is 1. The van der Waals surface area contributed by atoms with Crippen LogP contribution in [0, 0.1) is 0 Å². The van der Waals surface area contributed by atoms with Crippen molar-refractivity contribution >= 4 is 5.97 Å². The minimum atomic E-state index is -0.196. The predicted octanol–water partition coefficient (Wildman–Crippen LogP) is 5.32. The lowest BCUT2D eigenvalue weighted by molar-refractivity contribution is -0.145. The maximum Gasteiger partial charge on any atom is 0.305 e. The Morgan fingerprint density at radius 3 is 1.39 bits per heavy atom. The molecule has 0 radical (unpaired) electrons. The number of hydrogen-bond acceptors (Lipinski definition) is 12. The van der Waals surface area contributed by atoms with Crippen LogP contribution in [-0.4, -0.2) is 143 Å². The van der Waals surface area contributed by atoms with Crippen molar-refractivity contribution in [1.29, 1.82) is 0 Å². The number of carbonyl (C=O) groups excluding carboxylic acids is 1. The summed E-state index contributed by atoms with van der Waals surface area (Å²) >= 11 is 0. The highest BCUT2D eigenvalue weighted by atomic mass is 16.6. The third-order valence-corrected chi connectivity index (χ3v) is 7.24.